The molecule has 118 heavy (non-hydrogen) atoms. The van der Waals surface area contributed by atoms with Crippen LogP contribution in [-0.2, 0) is 70.7 Å². The standard InChI is InChI=1S/C92H171O25P/c1-6-10-14-18-22-25-28-31-33-36-39-42-45-53-59-65-77(96)111-72(68-108-75(94)63-57-51-44-41-38-35-30-27-24-20-16-12-8-3)69-110-118(106,107)117-90-88(115-91-85(104)81(100)79(98)73(67-93)112-91)84(103)83(102)87(114-78(97)66-60-54-46-43-40-37-34-32-29-26-23-19-15-11-7-2)89(90)116-92-86(105)82(101)80(99)74(113-92)70-109-76(95)64-58-52-48-47-50-56-62-71(5)61-55-49-21-17-13-9-4/h35,38,71-74,79-93,98-105H,6-34,36-37,39-70H2,1-5H3,(H,106,107)/b38-35-. The van der Waals surface area contributed by atoms with Gasteiger partial charge in [-0.25, -0.2) is 4.57 Å². The first-order chi connectivity index (χ1) is 57.1. The quantitative estimate of drug-likeness (QED) is 0.00889. The molecule has 0 amide bonds. The number of phosphoric acid groups is 1. The van der Waals surface area contributed by atoms with Crippen LogP contribution in [0.1, 0.15) is 413 Å². The smallest absolute Gasteiger partial charge is 0.463 e. The molecule has 0 aromatic rings. The van der Waals surface area contributed by atoms with Gasteiger partial charge in [0.2, 0.25) is 0 Å². The fourth-order valence-electron chi connectivity index (χ4n) is 16.0. The molecule has 0 bridgehead atoms. The van der Waals surface area contributed by atoms with E-state index in [1.807, 2.05) is 0 Å². The zero-order chi connectivity index (χ0) is 86.2. The van der Waals surface area contributed by atoms with Gasteiger partial charge in [-0.05, 0) is 57.3 Å². The molecule has 0 radical (unpaired) electrons. The third-order valence-corrected chi connectivity index (χ3v) is 24.7. The molecule has 1 saturated carbocycles. The number of phosphoric ester groups is 1. The highest BCUT2D eigenvalue weighted by Gasteiger charge is 2.60. The second-order valence-corrected chi connectivity index (χ2v) is 35.9. The predicted octanol–water partition coefficient (Wildman–Crippen LogP) is 17.8. The summed E-state index contributed by atoms with van der Waals surface area (Å²) in [6.45, 7) is 7.93. The lowest BCUT2D eigenvalue weighted by Gasteiger charge is -2.50. The third kappa shape index (κ3) is 50.4. The fourth-order valence-corrected chi connectivity index (χ4v) is 16.9. The van der Waals surface area contributed by atoms with E-state index in [9.17, 15) is 74.6 Å². The number of esters is 4. The summed E-state index contributed by atoms with van der Waals surface area (Å²) in [5.74, 6) is -2.28. The maximum atomic E-state index is 14.9. The molecule has 26 heteroatoms. The van der Waals surface area contributed by atoms with Crippen LogP contribution in [-0.4, -0.2) is 205 Å². The van der Waals surface area contributed by atoms with Crippen molar-refractivity contribution in [3.63, 3.8) is 0 Å². The van der Waals surface area contributed by atoms with Crippen molar-refractivity contribution >= 4 is 31.7 Å². The van der Waals surface area contributed by atoms with Crippen LogP contribution in [0.25, 0.3) is 0 Å². The van der Waals surface area contributed by atoms with Gasteiger partial charge >= 0.3 is 31.7 Å². The van der Waals surface area contributed by atoms with Crippen molar-refractivity contribution in [1.29, 1.82) is 0 Å². The number of ether oxygens (including phenoxy) is 8. The van der Waals surface area contributed by atoms with Gasteiger partial charge in [-0.2, -0.15) is 0 Å². The van der Waals surface area contributed by atoms with Crippen molar-refractivity contribution in [3.8, 4) is 0 Å². The topological polar surface area (TPSA) is 380 Å². The SMILES string of the molecule is CCCCCCCC/C=C\CCCCCC(=O)OCC(COP(=O)(O)OC1C(OC2OC(CO)C(O)C(O)C2O)C(O)C(O)C(OC(=O)CCCCCCCCCCCCCCCCC)C1OC1OC(COC(=O)CCCCCCCCC(C)CCCCCCCC)C(O)C(O)C1O)OC(=O)CCCCCCCCCCCCCCCCC. The summed E-state index contributed by atoms with van der Waals surface area (Å²) < 4.78 is 73.5. The van der Waals surface area contributed by atoms with E-state index >= 15 is 0 Å². The Morgan fingerprint density at radius 1 is 0.356 bits per heavy atom. The van der Waals surface area contributed by atoms with E-state index in [1.165, 1.54) is 193 Å². The first-order valence-corrected chi connectivity index (χ1v) is 49.3. The number of allylic oxidation sites excluding steroid dienone is 2. The summed E-state index contributed by atoms with van der Waals surface area (Å²) in [5, 5.41) is 102. The van der Waals surface area contributed by atoms with Gasteiger partial charge in [-0.3, -0.25) is 28.2 Å². The van der Waals surface area contributed by atoms with Gasteiger partial charge in [-0.15, -0.1) is 0 Å². The highest BCUT2D eigenvalue weighted by Crippen LogP contribution is 2.49. The molecule has 25 nitrogen and oxygen atoms in total. The number of rotatable bonds is 77. The largest absolute Gasteiger partial charge is 0.472 e. The fraction of sp³-hybridized carbons (Fsp3) is 0.935. The van der Waals surface area contributed by atoms with Gasteiger partial charge in [0.15, 0.2) is 24.8 Å². The van der Waals surface area contributed by atoms with Gasteiger partial charge < -0.3 is 88.7 Å². The van der Waals surface area contributed by atoms with Crippen molar-refractivity contribution in [2.45, 2.75) is 518 Å². The van der Waals surface area contributed by atoms with E-state index in [1.54, 1.807) is 0 Å². The van der Waals surface area contributed by atoms with Crippen molar-refractivity contribution in [3.05, 3.63) is 12.2 Å². The normalized spacial score (nSPS) is 25.2. The maximum Gasteiger partial charge on any atom is 0.472 e. The molecule has 2 saturated heterocycles. The summed E-state index contributed by atoms with van der Waals surface area (Å²) in [6.07, 6.45) is 27.7. The third-order valence-electron chi connectivity index (χ3n) is 23.7. The second-order valence-electron chi connectivity index (χ2n) is 34.5. The zero-order valence-electron chi connectivity index (χ0n) is 74.1. The first-order valence-electron chi connectivity index (χ1n) is 47.8. The molecule has 2 heterocycles. The van der Waals surface area contributed by atoms with Crippen molar-refractivity contribution < 1.29 is 122 Å². The van der Waals surface area contributed by atoms with E-state index in [2.05, 4.69) is 46.8 Å². The first kappa shape index (κ1) is 109. The second kappa shape index (κ2) is 70.4. The Labute approximate surface area is 712 Å². The molecule has 0 aromatic carbocycles. The minimum atomic E-state index is -5.81. The number of carbonyl (C=O) groups is 4. The lowest BCUT2D eigenvalue weighted by Crippen LogP contribution is -2.70. The van der Waals surface area contributed by atoms with Crippen molar-refractivity contribution in [2.24, 2.45) is 5.92 Å². The van der Waals surface area contributed by atoms with Crippen LogP contribution in [0, 0.1) is 5.92 Å². The molecule has 19 unspecified atom stereocenters. The molecule has 694 valence electrons. The molecule has 1 aliphatic carbocycles. The van der Waals surface area contributed by atoms with Gasteiger partial charge in [-0.1, -0.05) is 349 Å². The monoisotopic (exact) mass is 1710 g/mol. The van der Waals surface area contributed by atoms with Crippen LogP contribution >= 0.6 is 7.82 Å². The Morgan fingerprint density at radius 3 is 1.10 bits per heavy atom. The van der Waals surface area contributed by atoms with Gasteiger partial charge in [0.05, 0.1) is 13.2 Å². The van der Waals surface area contributed by atoms with E-state index in [4.69, 9.17) is 46.9 Å². The summed E-state index contributed by atoms with van der Waals surface area (Å²) in [7, 11) is -5.81. The number of aliphatic hydroxyl groups is 9. The van der Waals surface area contributed by atoms with Crippen LogP contribution in [0.5, 0.6) is 0 Å². The molecule has 10 N–H and O–H groups in total. The molecule has 0 spiro atoms. The zero-order valence-corrected chi connectivity index (χ0v) is 75.0. The molecule has 3 fully saturated rings. The number of hydrogen-bond acceptors (Lipinski definition) is 24. The highest BCUT2D eigenvalue weighted by atomic mass is 31.2. The van der Waals surface area contributed by atoms with E-state index < -0.39 is 162 Å². The summed E-state index contributed by atoms with van der Waals surface area (Å²) in [4.78, 5) is 66.5. The Kier molecular flexibility index (Phi) is 65.2. The summed E-state index contributed by atoms with van der Waals surface area (Å²) >= 11 is 0. The number of unbranched alkanes of at least 4 members (excludes halogenated alkanes) is 47. The molecule has 0 aromatic heterocycles. The minimum absolute atomic E-state index is 0.0157. The predicted molar refractivity (Wildman–Crippen MR) is 458 cm³/mol. The highest BCUT2D eigenvalue weighted by molar-refractivity contribution is 7.47. The van der Waals surface area contributed by atoms with Crippen LogP contribution in [0.3, 0.4) is 0 Å². The molecule has 19 atom stereocenters. The maximum absolute atomic E-state index is 14.9. The van der Waals surface area contributed by atoms with Crippen LogP contribution < -0.4 is 0 Å². The van der Waals surface area contributed by atoms with Gasteiger partial charge in [0, 0.05) is 25.7 Å². The van der Waals surface area contributed by atoms with Crippen molar-refractivity contribution in [2.75, 3.05) is 26.4 Å². The van der Waals surface area contributed by atoms with E-state index in [0.29, 0.717) is 38.0 Å². The van der Waals surface area contributed by atoms with Crippen LogP contribution in [0.15, 0.2) is 12.2 Å². The van der Waals surface area contributed by atoms with Gasteiger partial charge in [0.25, 0.3) is 0 Å². The van der Waals surface area contributed by atoms with E-state index in [0.717, 1.165) is 128 Å². The van der Waals surface area contributed by atoms with Gasteiger partial charge in [0.1, 0.15) is 92.6 Å². The average Bonchev–Trinajstić information content (AvgIpc) is 0.741. The van der Waals surface area contributed by atoms with E-state index in [-0.39, 0.29) is 25.7 Å². The molecular formula is C92H171O25P. The summed E-state index contributed by atoms with van der Waals surface area (Å²) in [5.41, 5.74) is 0. The van der Waals surface area contributed by atoms with Crippen molar-refractivity contribution in [1.82, 2.24) is 0 Å². The molecular weight excluding hydrogens is 1540 g/mol. The average molecular weight is 1710 g/mol. The number of carbonyl (C=O) groups excluding carboxylic acids is 4. The summed E-state index contributed by atoms with van der Waals surface area (Å²) in [6, 6.07) is 0. The van der Waals surface area contributed by atoms with Crippen LogP contribution in [0.2, 0.25) is 0 Å². The lowest BCUT2D eigenvalue weighted by molar-refractivity contribution is -0.360. The Hall–Kier alpha value is -2.79. The van der Waals surface area contributed by atoms with Crippen LogP contribution in [0.4, 0.5) is 0 Å². The molecule has 3 rings (SSSR count). The number of aliphatic hydroxyl groups excluding tert-OH is 9. The lowest BCUT2D eigenvalue weighted by atomic mass is 9.84. The molecule has 3 aliphatic rings. The number of hydrogen-bond donors (Lipinski definition) is 10. The Morgan fingerprint density at radius 2 is 0.686 bits per heavy atom. The molecule has 2 aliphatic heterocycles. The Balaban J connectivity index is 1.92. The Bertz CT molecular complexity index is 2520. The minimum Gasteiger partial charge on any atom is -0.463 e.